The number of carbonyl (C=O) groups is 1. The van der Waals surface area contributed by atoms with Crippen molar-refractivity contribution in [3.05, 3.63) is 35.4 Å². The number of amides is 1. The first-order chi connectivity index (χ1) is 11.9. The Hall–Kier alpha value is -1.43. The second-order valence-electron chi connectivity index (χ2n) is 7.87. The molecule has 1 aromatic carbocycles. The van der Waals surface area contributed by atoms with Crippen molar-refractivity contribution < 1.29 is 14.6 Å². The molecule has 0 spiro atoms. The normalized spacial score (nSPS) is 30.4. The van der Waals surface area contributed by atoms with Gasteiger partial charge in [0.05, 0.1) is 12.2 Å². The molecule has 3 atom stereocenters. The van der Waals surface area contributed by atoms with E-state index in [-0.39, 0.29) is 11.8 Å². The fraction of sp³-hybridized carbons (Fsp3) is 0.650. The Morgan fingerprint density at radius 3 is 2.96 bits per heavy atom. The molecule has 3 rings (SSSR count). The second kappa shape index (κ2) is 7.44. The van der Waals surface area contributed by atoms with E-state index in [0.717, 1.165) is 37.1 Å². The molecule has 0 bridgehead atoms. The zero-order valence-electron chi connectivity index (χ0n) is 15.6. The SMILES string of the molecule is CN(C)C(=O)c1cccc(CN2CCC[C@@H]2[C@@H]2COCC[C@]2(C)O)c1. The quantitative estimate of drug-likeness (QED) is 0.908. The van der Waals surface area contributed by atoms with Gasteiger partial charge in [-0.05, 0) is 50.4 Å². The van der Waals surface area contributed by atoms with Crippen molar-refractivity contribution in [2.24, 2.45) is 5.92 Å². The van der Waals surface area contributed by atoms with Gasteiger partial charge in [0.25, 0.3) is 5.91 Å². The number of carbonyl (C=O) groups excluding carboxylic acids is 1. The van der Waals surface area contributed by atoms with Crippen molar-refractivity contribution in [2.45, 2.75) is 44.4 Å². The summed E-state index contributed by atoms with van der Waals surface area (Å²) in [5.74, 6) is 0.179. The number of ether oxygens (including phenoxy) is 1. The lowest BCUT2D eigenvalue weighted by Crippen LogP contribution is -2.52. The summed E-state index contributed by atoms with van der Waals surface area (Å²) in [6, 6.07) is 8.23. The molecule has 1 amide bonds. The summed E-state index contributed by atoms with van der Waals surface area (Å²) in [5.41, 5.74) is 1.22. The summed E-state index contributed by atoms with van der Waals surface area (Å²) in [7, 11) is 3.55. The van der Waals surface area contributed by atoms with Crippen LogP contribution in [0.1, 0.15) is 42.1 Å². The number of hydrogen-bond donors (Lipinski definition) is 1. The van der Waals surface area contributed by atoms with E-state index in [1.165, 1.54) is 0 Å². The van der Waals surface area contributed by atoms with Crippen molar-refractivity contribution in [3.8, 4) is 0 Å². The number of aliphatic hydroxyl groups is 1. The zero-order valence-corrected chi connectivity index (χ0v) is 15.6. The van der Waals surface area contributed by atoms with Crippen LogP contribution >= 0.6 is 0 Å². The lowest BCUT2D eigenvalue weighted by atomic mass is 9.79. The van der Waals surface area contributed by atoms with Crippen LogP contribution in [0.3, 0.4) is 0 Å². The van der Waals surface area contributed by atoms with Crippen LogP contribution in [0, 0.1) is 5.92 Å². The molecule has 1 aromatic rings. The highest BCUT2D eigenvalue weighted by Crippen LogP contribution is 2.36. The van der Waals surface area contributed by atoms with Gasteiger partial charge in [0, 0.05) is 44.8 Å². The van der Waals surface area contributed by atoms with Gasteiger partial charge in [0.1, 0.15) is 0 Å². The lowest BCUT2D eigenvalue weighted by Gasteiger charge is -2.43. The molecule has 2 saturated heterocycles. The van der Waals surface area contributed by atoms with Gasteiger partial charge in [-0.15, -0.1) is 0 Å². The van der Waals surface area contributed by atoms with E-state index in [0.29, 0.717) is 25.7 Å². The van der Waals surface area contributed by atoms with Crippen LogP contribution in [0.4, 0.5) is 0 Å². The summed E-state index contributed by atoms with van der Waals surface area (Å²) in [6.45, 7) is 5.07. The van der Waals surface area contributed by atoms with Gasteiger partial charge in [0.2, 0.25) is 0 Å². The van der Waals surface area contributed by atoms with Crippen molar-refractivity contribution in [1.29, 1.82) is 0 Å². The molecule has 25 heavy (non-hydrogen) atoms. The average molecular weight is 346 g/mol. The summed E-state index contributed by atoms with van der Waals surface area (Å²) in [4.78, 5) is 16.3. The molecule has 5 nitrogen and oxygen atoms in total. The molecule has 0 aliphatic carbocycles. The van der Waals surface area contributed by atoms with Crippen molar-refractivity contribution >= 4 is 5.91 Å². The van der Waals surface area contributed by atoms with E-state index in [1.54, 1.807) is 19.0 Å². The third kappa shape index (κ3) is 4.05. The maximum Gasteiger partial charge on any atom is 0.253 e. The highest BCUT2D eigenvalue weighted by atomic mass is 16.5. The molecule has 2 heterocycles. The van der Waals surface area contributed by atoms with Gasteiger partial charge >= 0.3 is 0 Å². The molecular weight excluding hydrogens is 316 g/mol. The van der Waals surface area contributed by atoms with Gasteiger partial charge in [0.15, 0.2) is 0 Å². The van der Waals surface area contributed by atoms with E-state index >= 15 is 0 Å². The minimum absolute atomic E-state index is 0.0310. The number of nitrogens with zero attached hydrogens (tertiary/aromatic N) is 2. The van der Waals surface area contributed by atoms with Crippen LogP contribution in [0.2, 0.25) is 0 Å². The van der Waals surface area contributed by atoms with Crippen LogP contribution in [0.25, 0.3) is 0 Å². The monoisotopic (exact) mass is 346 g/mol. The first-order valence-electron chi connectivity index (χ1n) is 9.23. The topological polar surface area (TPSA) is 53.0 Å². The largest absolute Gasteiger partial charge is 0.390 e. The number of benzene rings is 1. The van der Waals surface area contributed by atoms with Crippen molar-refractivity contribution in [2.75, 3.05) is 33.9 Å². The van der Waals surface area contributed by atoms with Crippen LogP contribution in [0.5, 0.6) is 0 Å². The maximum absolute atomic E-state index is 12.2. The third-order valence-corrected chi connectivity index (χ3v) is 5.69. The van der Waals surface area contributed by atoms with Crippen LogP contribution < -0.4 is 0 Å². The van der Waals surface area contributed by atoms with Gasteiger partial charge in [-0.25, -0.2) is 0 Å². The molecule has 0 radical (unpaired) electrons. The van der Waals surface area contributed by atoms with E-state index < -0.39 is 5.60 Å². The van der Waals surface area contributed by atoms with Crippen LogP contribution in [-0.4, -0.2) is 66.3 Å². The molecule has 138 valence electrons. The lowest BCUT2D eigenvalue weighted by molar-refractivity contribution is -0.123. The Morgan fingerprint density at radius 2 is 2.24 bits per heavy atom. The summed E-state index contributed by atoms with van der Waals surface area (Å²) in [5, 5.41) is 10.8. The van der Waals surface area contributed by atoms with Gasteiger partial charge in [-0.1, -0.05) is 12.1 Å². The third-order valence-electron chi connectivity index (χ3n) is 5.69. The molecule has 0 unspecified atom stereocenters. The zero-order chi connectivity index (χ0) is 18.0. The highest BCUT2D eigenvalue weighted by molar-refractivity contribution is 5.94. The predicted octanol–water partition coefficient (Wildman–Crippen LogP) is 2.14. The molecular formula is C20H30N2O3. The minimum Gasteiger partial charge on any atom is -0.390 e. The predicted molar refractivity (Wildman–Crippen MR) is 97.4 cm³/mol. The first-order valence-corrected chi connectivity index (χ1v) is 9.23. The Labute approximate surface area is 150 Å². The Bertz CT molecular complexity index is 615. The molecule has 2 fully saturated rings. The van der Waals surface area contributed by atoms with E-state index in [4.69, 9.17) is 4.74 Å². The number of rotatable bonds is 4. The number of likely N-dealkylation sites (tertiary alicyclic amines) is 1. The Balaban J connectivity index is 1.74. The molecule has 0 aromatic heterocycles. The van der Waals surface area contributed by atoms with Crippen molar-refractivity contribution in [1.82, 2.24) is 9.80 Å². The molecule has 5 heteroatoms. The van der Waals surface area contributed by atoms with Crippen LogP contribution in [0.15, 0.2) is 24.3 Å². The fourth-order valence-corrected chi connectivity index (χ4v) is 4.18. The molecule has 0 saturated carbocycles. The van der Waals surface area contributed by atoms with E-state index in [9.17, 15) is 9.90 Å². The summed E-state index contributed by atoms with van der Waals surface area (Å²) in [6.07, 6.45) is 2.95. The van der Waals surface area contributed by atoms with Crippen LogP contribution in [-0.2, 0) is 11.3 Å². The fourth-order valence-electron chi connectivity index (χ4n) is 4.18. The average Bonchev–Trinajstić information content (AvgIpc) is 3.01. The summed E-state index contributed by atoms with van der Waals surface area (Å²) >= 11 is 0. The molecule has 2 aliphatic rings. The highest BCUT2D eigenvalue weighted by Gasteiger charge is 2.43. The van der Waals surface area contributed by atoms with E-state index in [1.807, 2.05) is 25.1 Å². The Kier molecular flexibility index (Phi) is 5.46. The van der Waals surface area contributed by atoms with E-state index in [2.05, 4.69) is 11.0 Å². The smallest absolute Gasteiger partial charge is 0.253 e. The standard InChI is InChI=1S/C20H30N2O3/c1-20(24)9-11-25-14-17(20)18-8-5-10-22(18)13-15-6-4-7-16(12-15)19(23)21(2)3/h4,6-7,12,17-18,24H,5,8-11,13-14H2,1-3H3/t17-,18+,20-/m0/s1. The van der Waals surface area contributed by atoms with Gasteiger partial charge in [-0.3, -0.25) is 9.69 Å². The Morgan fingerprint density at radius 1 is 1.44 bits per heavy atom. The molecule has 2 aliphatic heterocycles. The minimum atomic E-state index is -0.658. The van der Waals surface area contributed by atoms with Crippen molar-refractivity contribution in [3.63, 3.8) is 0 Å². The molecule has 1 N–H and O–H groups in total. The number of hydrogen-bond acceptors (Lipinski definition) is 4. The second-order valence-corrected chi connectivity index (χ2v) is 7.87. The van der Waals surface area contributed by atoms with Gasteiger partial charge in [-0.2, -0.15) is 0 Å². The summed E-state index contributed by atoms with van der Waals surface area (Å²) < 4.78 is 5.67. The first kappa shape index (κ1) is 18.4. The van der Waals surface area contributed by atoms with Gasteiger partial charge < -0.3 is 14.7 Å². The maximum atomic E-state index is 12.2.